The Hall–Kier alpha value is -1.62. The second-order valence-corrected chi connectivity index (χ2v) is 5.38. The molecule has 3 nitrogen and oxygen atoms in total. The van der Waals surface area contributed by atoms with Crippen LogP contribution in [0.1, 0.15) is 28.3 Å². The zero-order chi connectivity index (χ0) is 15.6. The predicted octanol–water partition coefficient (Wildman–Crippen LogP) is 3.66. The lowest BCUT2D eigenvalue weighted by atomic mass is 9.93. The fourth-order valence-electron chi connectivity index (χ4n) is 2.52. The van der Waals surface area contributed by atoms with Crippen molar-refractivity contribution in [3.8, 4) is 5.75 Å². The zero-order valence-corrected chi connectivity index (χ0v) is 13.0. The van der Waals surface area contributed by atoms with E-state index in [0.717, 1.165) is 16.7 Å². The summed E-state index contributed by atoms with van der Waals surface area (Å²) in [5.41, 5.74) is 6.40. The molecule has 0 heterocycles. The van der Waals surface area contributed by atoms with E-state index in [1.165, 1.54) is 12.1 Å². The Bertz CT molecular complexity index is 661. The van der Waals surface area contributed by atoms with Crippen LogP contribution in [0.5, 0.6) is 5.75 Å². The molecule has 0 amide bonds. The lowest BCUT2D eigenvalue weighted by Crippen LogP contribution is -2.30. The number of halogens is 2. The van der Waals surface area contributed by atoms with E-state index in [9.17, 15) is 4.39 Å². The Balaban J connectivity index is 2.58. The van der Waals surface area contributed by atoms with Gasteiger partial charge >= 0.3 is 0 Å². The topological polar surface area (TPSA) is 47.3 Å². The van der Waals surface area contributed by atoms with E-state index in [2.05, 4.69) is 5.43 Å². The molecule has 0 aliphatic heterocycles. The van der Waals surface area contributed by atoms with Crippen molar-refractivity contribution in [1.29, 1.82) is 0 Å². The van der Waals surface area contributed by atoms with Gasteiger partial charge in [0.1, 0.15) is 11.6 Å². The quantitative estimate of drug-likeness (QED) is 0.669. The van der Waals surface area contributed by atoms with Gasteiger partial charge in [0.15, 0.2) is 0 Å². The molecule has 0 aliphatic carbocycles. The number of rotatable bonds is 4. The average molecular weight is 309 g/mol. The van der Waals surface area contributed by atoms with Gasteiger partial charge in [0, 0.05) is 5.56 Å². The summed E-state index contributed by atoms with van der Waals surface area (Å²) in [6.45, 7) is 3.97. The van der Waals surface area contributed by atoms with Gasteiger partial charge < -0.3 is 4.74 Å². The van der Waals surface area contributed by atoms with Gasteiger partial charge in [-0.15, -0.1) is 0 Å². The molecule has 0 fully saturated rings. The van der Waals surface area contributed by atoms with Gasteiger partial charge in [0.25, 0.3) is 0 Å². The highest BCUT2D eigenvalue weighted by atomic mass is 35.5. The summed E-state index contributed by atoms with van der Waals surface area (Å²) in [6.07, 6.45) is 0. The molecule has 0 aliphatic rings. The van der Waals surface area contributed by atoms with Gasteiger partial charge in [-0.1, -0.05) is 23.7 Å². The van der Waals surface area contributed by atoms with Gasteiger partial charge in [-0.05, 0) is 48.7 Å². The summed E-state index contributed by atoms with van der Waals surface area (Å²) in [6, 6.07) is 8.23. The highest BCUT2D eigenvalue weighted by molar-refractivity contribution is 6.30. The van der Waals surface area contributed by atoms with Crippen molar-refractivity contribution in [2.24, 2.45) is 5.84 Å². The van der Waals surface area contributed by atoms with E-state index in [4.69, 9.17) is 22.2 Å². The molecule has 0 bridgehead atoms. The fraction of sp³-hybridized carbons (Fsp3) is 0.250. The first kappa shape index (κ1) is 15.8. The molecule has 0 spiro atoms. The van der Waals surface area contributed by atoms with Crippen LogP contribution in [0.2, 0.25) is 5.02 Å². The van der Waals surface area contributed by atoms with Crippen LogP contribution in [0.25, 0.3) is 0 Å². The van der Waals surface area contributed by atoms with Crippen LogP contribution in [-0.2, 0) is 0 Å². The second-order valence-electron chi connectivity index (χ2n) is 4.97. The Labute approximate surface area is 128 Å². The number of aryl methyl sites for hydroxylation is 2. The molecular formula is C16H18ClFN2O. The second kappa shape index (κ2) is 6.43. The molecule has 3 N–H and O–H groups in total. The molecule has 2 aromatic carbocycles. The molecular weight excluding hydrogens is 291 g/mol. The minimum absolute atomic E-state index is 0.0853. The monoisotopic (exact) mass is 308 g/mol. The third kappa shape index (κ3) is 3.18. The van der Waals surface area contributed by atoms with Crippen LogP contribution in [0.3, 0.4) is 0 Å². The summed E-state index contributed by atoms with van der Waals surface area (Å²) in [5.74, 6) is 5.93. The van der Waals surface area contributed by atoms with Crippen LogP contribution < -0.4 is 16.0 Å². The molecule has 5 heteroatoms. The fourth-order valence-corrected chi connectivity index (χ4v) is 2.63. The van der Waals surface area contributed by atoms with E-state index in [1.54, 1.807) is 13.2 Å². The van der Waals surface area contributed by atoms with E-state index in [1.807, 2.05) is 26.0 Å². The molecule has 112 valence electrons. The third-order valence-electron chi connectivity index (χ3n) is 3.45. The molecule has 1 unspecified atom stereocenters. The number of hydrogen-bond donors (Lipinski definition) is 2. The SMILES string of the molecule is COc1cc(C)cc(C)c1C(NN)c1ccc(Cl)c(F)c1. The lowest BCUT2D eigenvalue weighted by molar-refractivity contribution is 0.403. The molecule has 0 radical (unpaired) electrons. The highest BCUT2D eigenvalue weighted by Gasteiger charge is 2.20. The van der Waals surface area contributed by atoms with E-state index < -0.39 is 5.82 Å². The number of nitrogens with one attached hydrogen (secondary N) is 1. The van der Waals surface area contributed by atoms with Crippen molar-refractivity contribution < 1.29 is 9.13 Å². The van der Waals surface area contributed by atoms with Crippen molar-refractivity contribution in [2.45, 2.75) is 19.9 Å². The van der Waals surface area contributed by atoms with Crippen molar-refractivity contribution in [3.05, 3.63) is 63.4 Å². The molecule has 0 aromatic heterocycles. The first-order valence-electron chi connectivity index (χ1n) is 6.54. The first-order valence-corrected chi connectivity index (χ1v) is 6.92. The largest absolute Gasteiger partial charge is 0.496 e. The number of ether oxygens (including phenoxy) is 1. The Kier molecular flexibility index (Phi) is 4.83. The maximum Gasteiger partial charge on any atom is 0.142 e. The molecule has 2 rings (SSSR count). The van der Waals surface area contributed by atoms with E-state index in [-0.39, 0.29) is 11.1 Å². The van der Waals surface area contributed by atoms with E-state index >= 15 is 0 Å². The number of hydrazine groups is 1. The minimum atomic E-state index is -0.474. The summed E-state index contributed by atoms with van der Waals surface area (Å²) in [7, 11) is 1.60. The maximum absolute atomic E-state index is 13.7. The molecule has 21 heavy (non-hydrogen) atoms. The minimum Gasteiger partial charge on any atom is -0.496 e. The van der Waals surface area contributed by atoms with Crippen molar-refractivity contribution in [1.82, 2.24) is 5.43 Å². The number of benzene rings is 2. The highest BCUT2D eigenvalue weighted by Crippen LogP contribution is 2.34. The Morgan fingerprint density at radius 1 is 1.24 bits per heavy atom. The van der Waals surface area contributed by atoms with Gasteiger partial charge in [-0.25, -0.2) is 9.82 Å². The lowest BCUT2D eigenvalue weighted by Gasteiger charge is -2.22. The Morgan fingerprint density at radius 2 is 1.95 bits per heavy atom. The molecule has 2 aromatic rings. The first-order chi connectivity index (χ1) is 9.97. The average Bonchev–Trinajstić information content (AvgIpc) is 2.45. The smallest absolute Gasteiger partial charge is 0.142 e. The third-order valence-corrected chi connectivity index (χ3v) is 3.75. The predicted molar refractivity (Wildman–Crippen MR) is 83.0 cm³/mol. The van der Waals surface area contributed by atoms with Gasteiger partial charge in [-0.2, -0.15) is 0 Å². The van der Waals surface area contributed by atoms with Crippen molar-refractivity contribution in [2.75, 3.05) is 7.11 Å². The summed E-state index contributed by atoms with van der Waals surface area (Å²) < 4.78 is 19.2. The van der Waals surface area contributed by atoms with Gasteiger partial charge in [0.2, 0.25) is 0 Å². The number of nitrogens with two attached hydrogens (primary N) is 1. The van der Waals surface area contributed by atoms with Crippen LogP contribution in [-0.4, -0.2) is 7.11 Å². The van der Waals surface area contributed by atoms with Crippen LogP contribution in [0.4, 0.5) is 4.39 Å². The molecule has 0 saturated heterocycles. The number of methoxy groups -OCH3 is 1. The molecule has 0 saturated carbocycles. The molecule has 1 atom stereocenters. The normalized spacial score (nSPS) is 12.3. The number of hydrogen-bond acceptors (Lipinski definition) is 3. The van der Waals surface area contributed by atoms with Crippen molar-refractivity contribution >= 4 is 11.6 Å². The van der Waals surface area contributed by atoms with Crippen molar-refractivity contribution in [3.63, 3.8) is 0 Å². The summed E-state index contributed by atoms with van der Waals surface area (Å²) in [5, 5.41) is 0.0853. The van der Waals surface area contributed by atoms with Crippen LogP contribution >= 0.6 is 11.6 Å². The standard InChI is InChI=1S/C16H18ClFN2O/c1-9-6-10(2)15(14(7-9)21-3)16(20-19)11-4-5-12(17)13(18)8-11/h4-8,16,20H,19H2,1-3H3. The Morgan fingerprint density at radius 3 is 2.52 bits per heavy atom. The van der Waals surface area contributed by atoms with Crippen LogP contribution in [0, 0.1) is 19.7 Å². The summed E-state index contributed by atoms with van der Waals surface area (Å²) >= 11 is 5.73. The van der Waals surface area contributed by atoms with Gasteiger partial charge in [0.05, 0.1) is 18.2 Å². The zero-order valence-electron chi connectivity index (χ0n) is 12.2. The maximum atomic E-state index is 13.7. The van der Waals surface area contributed by atoms with Crippen LogP contribution in [0.15, 0.2) is 30.3 Å². The summed E-state index contributed by atoms with van der Waals surface area (Å²) in [4.78, 5) is 0. The van der Waals surface area contributed by atoms with E-state index in [0.29, 0.717) is 11.3 Å². The van der Waals surface area contributed by atoms with Gasteiger partial charge in [-0.3, -0.25) is 5.84 Å².